The van der Waals surface area contributed by atoms with Crippen molar-refractivity contribution in [2.75, 3.05) is 52.5 Å². The van der Waals surface area contributed by atoms with Gasteiger partial charge in [-0.05, 0) is 19.8 Å². The lowest BCUT2D eigenvalue weighted by molar-refractivity contribution is -0.144. The predicted octanol–water partition coefficient (Wildman–Crippen LogP) is 0.517. The van der Waals surface area contributed by atoms with Gasteiger partial charge in [-0.15, -0.1) is 24.8 Å². The third kappa shape index (κ3) is 6.18. The van der Waals surface area contributed by atoms with E-state index in [2.05, 4.69) is 4.90 Å². The van der Waals surface area contributed by atoms with E-state index >= 15 is 0 Å². The van der Waals surface area contributed by atoms with E-state index in [0.717, 1.165) is 58.8 Å². The molecule has 1 amide bonds. The second kappa shape index (κ2) is 11.4. The highest BCUT2D eigenvalue weighted by molar-refractivity contribution is 5.85. The first kappa shape index (κ1) is 21.9. The van der Waals surface area contributed by atoms with Crippen LogP contribution >= 0.6 is 24.8 Å². The number of ether oxygens (including phenoxy) is 2. The first-order valence-electron chi connectivity index (χ1n) is 7.69. The van der Waals surface area contributed by atoms with Gasteiger partial charge in [-0.25, -0.2) is 0 Å². The molecule has 0 spiro atoms. The third-order valence-electron chi connectivity index (χ3n) is 4.09. The summed E-state index contributed by atoms with van der Waals surface area (Å²) in [7, 11) is 0. The van der Waals surface area contributed by atoms with Gasteiger partial charge in [0.15, 0.2) is 0 Å². The second-order valence-corrected chi connectivity index (χ2v) is 5.42. The summed E-state index contributed by atoms with van der Waals surface area (Å²) < 4.78 is 11.0. The topological polar surface area (TPSA) is 68.0 Å². The van der Waals surface area contributed by atoms with Crippen molar-refractivity contribution in [2.45, 2.75) is 32.0 Å². The highest BCUT2D eigenvalue weighted by atomic mass is 35.5. The van der Waals surface area contributed by atoms with Gasteiger partial charge in [-0.3, -0.25) is 9.69 Å². The molecular formula is C14H29Cl2N3O3. The summed E-state index contributed by atoms with van der Waals surface area (Å²) in [6, 6.07) is 0. The molecule has 0 aliphatic carbocycles. The van der Waals surface area contributed by atoms with Crippen molar-refractivity contribution in [1.29, 1.82) is 0 Å². The van der Waals surface area contributed by atoms with Crippen molar-refractivity contribution in [3.8, 4) is 0 Å². The Morgan fingerprint density at radius 1 is 1.23 bits per heavy atom. The quantitative estimate of drug-likeness (QED) is 0.701. The molecule has 2 rings (SSSR count). The fourth-order valence-corrected chi connectivity index (χ4v) is 2.79. The summed E-state index contributed by atoms with van der Waals surface area (Å²) in [6.07, 6.45) is 1.52. The number of nitrogens with two attached hydrogens (primary N) is 1. The Labute approximate surface area is 145 Å². The molecular weight excluding hydrogens is 329 g/mol. The van der Waals surface area contributed by atoms with Crippen LogP contribution in [0.3, 0.4) is 0 Å². The maximum absolute atomic E-state index is 12.3. The standard InChI is InChI=1S/C14H27N3O3.2ClH/c1-2-19-10-9-16-5-7-17(8-6-16)14(18)13-4-3-12(11-15)20-13;;/h12-13H,2-11,15H2,1H3;2*1H/t12-,13+;;/m1../s1. The molecule has 22 heavy (non-hydrogen) atoms. The van der Waals surface area contributed by atoms with Crippen molar-refractivity contribution in [1.82, 2.24) is 9.80 Å². The molecule has 0 bridgehead atoms. The monoisotopic (exact) mass is 357 g/mol. The lowest BCUT2D eigenvalue weighted by Gasteiger charge is -2.35. The van der Waals surface area contributed by atoms with Gasteiger partial charge in [0.2, 0.25) is 0 Å². The molecule has 2 atom stereocenters. The van der Waals surface area contributed by atoms with Gasteiger partial charge in [0.1, 0.15) is 6.10 Å². The van der Waals surface area contributed by atoms with Gasteiger partial charge in [-0.1, -0.05) is 0 Å². The SMILES string of the molecule is CCOCCN1CCN(C(=O)[C@@H]2CC[C@H](CN)O2)CC1.Cl.Cl. The molecule has 2 heterocycles. The summed E-state index contributed by atoms with van der Waals surface area (Å²) >= 11 is 0. The Hall–Kier alpha value is -0.110. The van der Waals surface area contributed by atoms with E-state index in [1.807, 2.05) is 11.8 Å². The zero-order valence-corrected chi connectivity index (χ0v) is 14.9. The lowest BCUT2D eigenvalue weighted by Crippen LogP contribution is -2.52. The number of hydrogen-bond acceptors (Lipinski definition) is 5. The fraction of sp³-hybridized carbons (Fsp3) is 0.929. The van der Waals surface area contributed by atoms with Gasteiger partial charge in [-0.2, -0.15) is 0 Å². The first-order valence-corrected chi connectivity index (χ1v) is 7.69. The van der Waals surface area contributed by atoms with Crippen LogP contribution in [0.5, 0.6) is 0 Å². The molecule has 0 aromatic rings. The molecule has 2 aliphatic heterocycles. The molecule has 132 valence electrons. The van der Waals surface area contributed by atoms with Crippen LogP contribution < -0.4 is 5.73 Å². The highest BCUT2D eigenvalue weighted by Gasteiger charge is 2.33. The van der Waals surface area contributed by atoms with Crippen LogP contribution in [-0.4, -0.2) is 80.4 Å². The van der Waals surface area contributed by atoms with Crippen LogP contribution in [0.25, 0.3) is 0 Å². The van der Waals surface area contributed by atoms with Gasteiger partial charge >= 0.3 is 0 Å². The molecule has 8 heteroatoms. The molecule has 2 aliphatic rings. The minimum Gasteiger partial charge on any atom is -0.380 e. The van der Waals surface area contributed by atoms with Gasteiger partial charge in [0, 0.05) is 45.9 Å². The van der Waals surface area contributed by atoms with Gasteiger partial charge in [0.05, 0.1) is 12.7 Å². The van der Waals surface area contributed by atoms with Crippen molar-refractivity contribution < 1.29 is 14.3 Å². The van der Waals surface area contributed by atoms with E-state index in [-0.39, 0.29) is 42.9 Å². The van der Waals surface area contributed by atoms with Gasteiger partial charge < -0.3 is 20.1 Å². The highest BCUT2D eigenvalue weighted by Crippen LogP contribution is 2.21. The molecule has 0 aromatic heterocycles. The van der Waals surface area contributed by atoms with E-state index in [4.69, 9.17) is 15.2 Å². The molecule has 2 saturated heterocycles. The van der Waals surface area contributed by atoms with E-state index in [0.29, 0.717) is 6.54 Å². The van der Waals surface area contributed by atoms with Crippen LogP contribution in [0.15, 0.2) is 0 Å². The minimum absolute atomic E-state index is 0. The maximum atomic E-state index is 12.3. The van der Waals surface area contributed by atoms with Crippen molar-refractivity contribution in [2.24, 2.45) is 5.73 Å². The van der Waals surface area contributed by atoms with E-state index in [9.17, 15) is 4.79 Å². The van der Waals surface area contributed by atoms with Crippen LogP contribution in [0.1, 0.15) is 19.8 Å². The average Bonchev–Trinajstić information content (AvgIpc) is 2.96. The number of halogens is 2. The molecule has 0 radical (unpaired) electrons. The zero-order chi connectivity index (χ0) is 14.4. The molecule has 6 nitrogen and oxygen atoms in total. The van der Waals surface area contributed by atoms with Crippen molar-refractivity contribution in [3.63, 3.8) is 0 Å². The third-order valence-corrected chi connectivity index (χ3v) is 4.09. The van der Waals surface area contributed by atoms with Crippen LogP contribution in [-0.2, 0) is 14.3 Å². The lowest BCUT2D eigenvalue weighted by atomic mass is 10.1. The summed E-state index contributed by atoms with van der Waals surface area (Å²) in [5.41, 5.74) is 5.58. The average molecular weight is 358 g/mol. The predicted molar refractivity (Wildman–Crippen MR) is 91.0 cm³/mol. The normalized spacial score (nSPS) is 25.5. The Morgan fingerprint density at radius 2 is 1.91 bits per heavy atom. The van der Waals surface area contributed by atoms with Gasteiger partial charge in [0.25, 0.3) is 5.91 Å². The molecule has 0 aromatic carbocycles. The van der Waals surface area contributed by atoms with E-state index in [1.165, 1.54) is 0 Å². The largest absolute Gasteiger partial charge is 0.380 e. The minimum atomic E-state index is -0.265. The number of rotatable bonds is 6. The number of carbonyl (C=O) groups is 1. The number of hydrogen-bond donors (Lipinski definition) is 1. The maximum Gasteiger partial charge on any atom is 0.251 e. The van der Waals surface area contributed by atoms with Crippen LogP contribution in [0.2, 0.25) is 0 Å². The number of amides is 1. The summed E-state index contributed by atoms with van der Waals surface area (Å²) in [6.45, 7) is 8.43. The molecule has 0 unspecified atom stereocenters. The summed E-state index contributed by atoms with van der Waals surface area (Å²) in [5.74, 6) is 0.144. The Kier molecular flexibility index (Phi) is 11.4. The molecule has 2 N–H and O–H groups in total. The number of nitrogens with zero attached hydrogens (tertiary/aromatic N) is 2. The smallest absolute Gasteiger partial charge is 0.251 e. The Morgan fingerprint density at radius 3 is 2.45 bits per heavy atom. The van der Waals surface area contributed by atoms with Crippen molar-refractivity contribution in [3.05, 3.63) is 0 Å². The van der Waals surface area contributed by atoms with E-state index in [1.54, 1.807) is 0 Å². The van der Waals surface area contributed by atoms with E-state index < -0.39 is 0 Å². The first-order chi connectivity index (χ1) is 9.74. The number of carbonyl (C=O) groups excluding carboxylic acids is 1. The Bertz CT molecular complexity index is 316. The van der Waals surface area contributed by atoms with Crippen molar-refractivity contribution >= 4 is 30.7 Å². The second-order valence-electron chi connectivity index (χ2n) is 5.42. The van der Waals surface area contributed by atoms with Crippen LogP contribution in [0.4, 0.5) is 0 Å². The molecule has 0 saturated carbocycles. The van der Waals surface area contributed by atoms with Crippen LogP contribution in [0, 0.1) is 0 Å². The molecule has 2 fully saturated rings. The summed E-state index contributed by atoms with van der Waals surface area (Å²) in [5, 5.41) is 0. The fourth-order valence-electron chi connectivity index (χ4n) is 2.79. The summed E-state index contributed by atoms with van der Waals surface area (Å²) in [4.78, 5) is 16.6. The zero-order valence-electron chi connectivity index (χ0n) is 13.2. The number of piperazine rings is 1. The Balaban J connectivity index is 0.00000220.